The second-order valence-corrected chi connectivity index (χ2v) is 10.7. The lowest BCUT2D eigenvalue weighted by Crippen LogP contribution is -2.51. The standard InChI is InChI=1S/C28H32FN3O4S/c1-5-26(28(34)30-4)31(18-22-10-6-20(2)7-11-22)27(33)19-32(24-14-12-23(29)13-15-24)37(35,36)25-16-8-21(3)9-17-25/h6-17,26H,5,18-19H2,1-4H3,(H,30,34). The summed E-state index contributed by atoms with van der Waals surface area (Å²) >= 11 is 0. The monoisotopic (exact) mass is 525 g/mol. The fraction of sp³-hybridized carbons (Fsp3) is 0.286. The summed E-state index contributed by atoms with van der Waals surface area (Å²) in [4.78, 5) is 27.9. The van der Waals surface area contributed by atoms with Crippen molar-refractivity contribution in [3.05, 3.63) is 95.3 Å². The lowest BCUT2D eigenvalue weighted by molar-refractivity contribution is -0.140. The largest absolute Gasteiger partial charge is 0.357 e. The third kappa shape index (κ3) is 6.74. The Bertz CT molecular complexity index is 1330. The van der Waals surface area contributed by atoms with E-state index in [1.165, 1.54) is 36.2 Å². The Balaban J connectivity index is 2.04. The van der Waals surface area contributed by atoms with Crippen LogP contribution in [-0.2, 0) is 26.2 Å². The average molecular weight is 526 g/mol. The molecule has 0 bridgehead atoms. The molecule has 0 heterocycles. The van der Waals surface area contributed by atoms with Crippen molar-refractivity contribution in [3.8, 4) is 0 Å². The Morgan fingerprint density at radius 3 is 1.95 bits per heavy atom. The first kappa shape index (κ1) is 27.9. The van der Waals surface area contributed by atoms with E-state index in [1.54, 1.807) is 19.1 Å². The summed E-state index contributed by atoms with van der Waals surface area (Å²) in [5.41, 5.74) is 2.87. The number of likely N-dealkylation sites (N-methyl/N-ethyl adjacent to an activating group) is 1. The number of nitrogens with zero attached hydrogens (tertiary/aromatic N) is 2. The van der Waals surface area contributed by atoms with Gasteiger partial charge in [0, 0.05) is 13.6 Å². The Kier molecular flexibility index (Phi) is 9.04. The van der Waals surface area contributed by atoms with Crippen molar-refractivity contribution in [2.24, 2.45) is 0 Å². The second kappa shape index (κ2) is 12.0. The first-order chi connectivity index (χ1) is 17.6. The molecular weight excluding hydrogens is 493 g/mol. The molecule has 3 aromatic carbocycles. The molecule has 0 radical (unpaired) electrons. The fourth-order valence-electron chi connectivity index (χ4n) is 3.95. The van der Waals surface area contributed by atoms with Gasteiger partial charge in [-0.15, -0.1) is 0 Å². The molecule has 0 aliphatic carbocycles. The first-order valence-corrected chi connectivity index (χ1v) is 13.4. The summed E-state index contributed by atoms with van der Waals surface area (Å²) in [5, 5.41) is 2.59. The summed E-state index contributed by atoms with van der Waals surface area (Å²) in [5.74, 6) is -1.44. The number of sulfonamides is 1. The van der Waals surface area contributed by atoms with Gasteiger partial charge < -0.3 is 10.2 Å². The van der Waals surface area contributed by atoms with Crippen molar-refractivity contribution in [1.29, 1.82) is 0 Å². The molecular formula is C28H32FN3O4S. The molecule has 0 aliphatic heterocycles. The summed E-state index contributed by atoms with van der Waals surface area (Å²) in [7, 11) is -2.69. The van der Waals surface area contributed by atoms with E-state index in [-0.39, 0.29) is 23.0 Å². The maximum Gasteiger partial charge on any atom is 0.264 e. The molecule has 0 saturated carbocycles. The molecule has 0 aromatic heterocycles. The third-order valence-electron chi connectivity index (χ3n) is 6.11. The molecule has 0 fully saturated rings. The van der Waals surface area contributed by atoms with Crippen LogP contribution < -0.4 is 9.62 Å². The topological polar surface area (TPSA) is 86.8 Å². The molecule has 2 amide bonds. The molecule has 3 aromatic rings. The Morgan fingerprint density at radius 2 is 1.43 bits per heavy atom. The number of rotatable bonds is 10. The van der Waals surface area contributed by atoms with Gasteiger partial charge >= 0.3 is 0 Å². The zero-order valence-electron chi connectivity index (χ0n) is 21.4. The highest BCUT2D eigenvalue weighted by Crippen LogP contribution is 2.25. The highest BCUT2D eigenvalue weighted by molar-refractivity contribution is 7.92. The molecule has 7 nitrogen and oxygen atoms in total. The minimum Gasteiger partial charge on any atom is -0.357 e. The van der Waals surface area contributed by atoms with Crippen LogP contribution in [0.15, 0.2) is 77.7 Å². The van der Waals surface area contributed by atoms with Crippen LogP contribution >= 0.6 is 0 Å². The summed E-state index contributed by atoms with van der Waals surface area (Å²) in [6.07, 6.45) is 0.332. The van der Waals surface area contributed by atoms with Gasteiger partial charge in [-0.25, -0.2) is 12.8 Å². The predicted molar refractivity (Wildman–Crippen MR) is 142 cm³/mol. The number of amides is 2. The van der Waals surface area contributed by atoms with Crippen molar-refractivity contribution in [3.63, 3.8) is 0 Å². The summed E-state index contributed by atoms with van der Waals surface area (Å²) in [6.45, 7) is 5.12. The molecule has 0 saturated heterocycles. The predicted octanol–water partition coefficient (Wildman–Crippen LogP) is 4.19. The maximum absolute atomic E-state index is 13.8. The quantitative estimate of drug-likeness (QED) is 0.430. The van der Waals surface area contributed by atoms with Gasteiger partial charge in [0.25, 0.3) is 10.0 Å². The van der Waals surface area contributed by atoms with E-state index in [0.717, 1.165) is 33.1 Å². The molecule has 1 unspecified atom stereocenters. The van der Waals surface area contributed by atoms with Gasteiger partial charge in [0.1, 0.15) is 18.4 Å². The number of nitrogens with one attached hydrogen (secondary N) is 1. The average Bonchev–Trinajstić information content (AvgIpc) is 2.88. The molecule has 37 heavy (non-hydrogen) atoms. The number of carbonyl (C=O) groups excluding carboxylic acids is 2. The Hall–Kier alpha value is -3.72. The molecule has 0 spiro atoms. The smallest absolute Gasteiger partial charge is 0.264 e. The van der Waals surface area contributed by atoms with Crippen molar-refractivity contribution >= 4 is 27.5 Å². The number of hydrogen-bond donors (Lipinski definition) is 1. The van der Waals surface area contributed by atoms with Gasteiger partial charge in [0.15, 0.2) is 0 Å². The fourth-order valence-corrected chi connectivity index (χ4v) is 5.36. The molecule has 0 aliphatic rings. The molecule has 196 valence electrons. The maximum atomic E-state index is 13.8. The lowest BCUT2D eigenvalue weighted by atomic mass is 10.1. The van der Waals surface area contributed by atoms with Gasteiger partial charge in [-0.1, -0.05) is 54.4 Å². The van der Waals surface area contributed by atoms with Gasteiger partial charge in [0.2, 0.25) is 11.8 Å². The molecule has 1 atom stereocenters. The zero-order valence-corrected chi connectivity index (χ0v) is 22.3. The van der Waals surface area contributed by atoms with E-state index in [0.29, 0.717) is 6.42 Å². The van der Waals surface area contributed by atoms with E-state index < -0.39 is 34.3 Å². The van der Waals surface area contributed by atoms with Gasteiger partial charge in [-0.3, -0.25) is 13.9 Å². The molecule has 1 N–H and O–H groups in total. The van der Waals surface area contributed by atoms with E-state index in [2.05, 4.69) is 5.32 Å². The summed E-state index contributed by atoms with van der Waals surface area (Å²) < 4.78 is 42.0. The third-order valence-corrected chi connectivity index (χ3v) is 7.90. The first-order valence-electron chi connectivity index (χ1n) is 12.0. The van der Waals surface area contributed by atoms with Crippen molar-refractivity contribution in [2.45, 2.75) is 44.7 Å². The number of hydrogen-bond acceptors (Lipinski definition) is 4. The van der Waals surface area contributed by atoms with Crippen LogP contribution in [0.4, 0.5) is 10.1 Å². The van der Waals surface area contributed by atoms with Crippen LogP contribution in [0.25, 0.3) is 0 Å². The SMILES string of the molecule is CCC(C(=O)NC)N(Cc1ccc(C)cc1)C(=O)CN(c1ccc(F)cc1)S(=O)(=O)c1ccc(C)cc1. The highest BCUT2D eigenvalue weighted by Gasteiger charge is 2.33. The van der Waals surface area contributed by atoms with Crippen LogP contribution in [0.2, 0.25) is 0 Å². The molecule has 3 rings (SSSR count). The minimum absolute atomic E-state index is 0.00125. The highest BCUT2D eigenvalue weighted by atomic mass is 32.2. The number of benzene rings is 3. The number of anilines is 1. The number of aryl methyl sites for hydroxylation is 2. The zero-order chi connectivity index (χ0) is 27.2. The normalized spacial score (nSPS) is 12.0. The van der Waals surface area contributed by atoms with Gasteiger partial charge in [0.05, 0.1) is 10.6 Å². The van der Waals surface area contributed by atoms with Crippen LogP contribution in [0.3, 0.4) is 0 Å². The van der Waals surface area contributed by atoms with Gasteiger partial charge in [-0.05, 0) is 62.2 Å². The Morgan fingerprint density at radius 1 is 0.892 bits per heavy atom. The lowest BCUT2D eigenvalue weighted by Gasteiger charge is -2.33. The van der Waals surface area contributed by atoms with Gasteiger partial charge in [-0.2, -0.15) is 0 Å². The minimum atomic E-state index is -4.19. The van der Waals surface area contributed by atoms with Crippen molar-refractivity contribution in [1.82, 2.24) is 10.2 Å². The van der Waals surface area contributed by atoms with Crippen LogP contribution in [0.5, 0.6) is 0 Å². The van der Waals surface area contributed by atoms with E-state index in [4.69, 9.17) is 0 Å². The van der Waals surface area contributed by atoms with E-state index in [1.807, 2.05) is 38.1 Å². The van der Waals surface area contributed by atoms with Crippen molar-refractivity contribution < 1.29 is 22.4 Å². The van der Waals surface area contributed by atoms with Crippen LogP contribution in [-0.4, -0.2) is 44.8 Å². The van der Waals surface area contributed by atoms with E-state index in [9.17, 15) is 22.4 Å². The van der Waals surface area contributed by atoms with Crippen molar-refractivity contribution in [2.75, 3.05) is 17.9 Å². The Labute approximate surface area is 218 Å². The number of halogens is 1. The number of carbonyl (C=O) groups is 2. The van der Waals surface area contributed by atoms with Crippen LogP contribution in [0, 0.1) is 19.7 Å². The second-order valence-electron chi connectivity index (χ2n) is 8.85. The van der Waals surface area contributed by atoms with E-state index >= 15 is 0 Å². The van der Waals surface area contributed by atoms with Crippen LogP contribution in [0.1, 0.15) is 30.0 Å². The summed E-state index contributed by atoms with van der Waals surface area (Å²) in [6, 6.07) is 17.9. The molecule has 9 heteroatoms.